The van der Waals surface area contributed by atoms with E-state index in [-0.39, 0.29) is 23.9 Å². The first-order chi connectivity index (χ1) is 13.4. The van der Waals surface area contributed by atoms with Gasteiger partial charge in [-0.3, -0.25) is 14.9 Å². The fraction of sp³-hybridized carbons (Fsp3) is 0.167. The van der Waals surface area contributed by atoms with Gasteiger partial charge in [-0.15, -0.1) is 0 Å². The number of nitrogens with zero attached hydrogens (tertiary/aromatic N) is 2. The van der Waals surface area contributed by atoms with Gasteiger partial charge in [0.1, 0.15) is 10.8 Å². The monoisotopic (exact) mass is 405 g/mol. The van der Waals surface area contributed by atoms with E-state index in [0.717, 1.165) is 0 Å². The summed E-state index contributed by atoms with van der Waals surface area (Å²) in [5.41, 5.74) is 2.75. The van der Waals surface area contributed by atoms with Crippen LogP contribution >= 0.6 is 11.6 Å². The smallest absolute Gasteiger partial charge is 0.338 e. The summed E-state index contributed by atoms with van der Waals surface area (Å²) in [6.45, 7) is 1.68. The zero-order valence-corrected chi connectivity index (χ0v) is 15.5. The summed E-state index contributed by atoms with van der Waals surface area (Å²) in [5.74, 6) is -0.585. The average molecular weight is 406 g/mol. The van der Waals surface area contributed by atoms with Crippen LogP contribution in [-0.4, -0.2) is 36.2 Å². The summed E-state index contributed by atoms with van der Waals surface area (Å²) >= 11 is 5.72. The Kier molecular flexibility index (Phi) is 7.46. The van der Waals surface area contributed by atoms with Crippen molar-refractivity contribution >= 4 is 35.4 Å². The Labute approximate surface area is 165 Å². The van der Waals surface area contributed by atoms with Crippen molar-refractivity contribution in [2.45, 2.75) is 6.92 Å². The Balaban J connectivity index is 1.84. The number of esters is 1. The van der Waals surface area contributed by atoms with E-state index in [1.165, 1.54) is 48.7 Å². The number of benzene rings is 2. The molecule has 1 amide bonds. The molecule has 9 nitrogen and oxygen atoms in total. The third-order valence-corrected chi connectivity index (χ3v) is 3.62. The molecule has 28 heavy (non-hydrogen) atoms. The van der Waals surface area contributed by atoms with E-state index in [4.69, 9.17) is 21.1 Å². The number of amides is 1. The first kappa shape index (κ1) is 20.8. The van der Waals surface area contributed by atoms with Gasteiger partial charge in [-0.1, -0.05) is 17.7 Å². The fourth-order valence-electron chi connectivity index (χ4n) is 2.01. The number of hydrazone groups is 1. The number of ether oxygens (including phenoxy) is 2. The van der Waals surface area contributed by atoms with Crippen molar-refractivity contribution < 1.29 is 24.0 Å². The van der Waals surface area contributed by atoms with Crippen LogP contribution in [0.4, 0.5) is 5.69 Å². The van der Waals surface area contributed by atoms with Crippen LogP contribution in [0, 0.1) is 10.1 Å². The molecule has 0 atom stereocenters. The lowest BCUT2D eigenvalue weighted by molar-refractivity contribution is -0.384. The zero-order chi connectivity index (χ0) is 20.5. The number of hydrogen-bond donors (Lipinski definition) is 1. The van der Waals surface area contributed by atoms with Crippen LogP contribution in [0.25, 0.3) is 0 Å². The van der Waals surface area contributed by atoms with Gasteiger partial charge in [0, 0.05) is 11.6 Å². The van der Waals surface area contributed by atoms with Crippen molar-refractivity contribution in [2.24, 2.45) is 5.10 Å². The highest BCUT2D eigenvalue weighted by atomic mass is 35.5. The second-order valence-corrected chi connectivity index (χ2v) is 5.70. The van der Waals surface area contributed by atoms with E-state index in [9.17, 15) is 19.7 Å². The van der Waals surface area contributed by atoms with Gasteiger partial charge in [0.05, 0.1) is 23.3 Å². The highest BCUT2D eigenvalue weighted by molar-refractivity contribution is 6.32. The number of hydrogen-bond acceptors (Lipinski definition) is 7. The Hall–Kier alpha value is -3.46. The Morgan fingerprint density at radius 1 is 1.25 bits per heavy atom. The van der Waals surface area contributed by atoms with Crippen LogP contribution in [0.5, 0.6) is 5.75 Å². The Morgan fingerprint density at radius 2 is 1.96 bits per heavy atom. The van der Waals surface area contributed by atoms with Gasteiger partial charge in [-0.05, 0) is 37.3 Å². The van der Waals surface area contributed by atoms with Crippen LogP contribution in [0.3, 0.4) is 0 Å². The minimum Gasteiger partial charge on any atom is -0.484 e. The van der Waals surface area contributed by atoms with Crippen LogP contribution in [0.2, 0.25) is 5.02 Å². The van der Waals surface area contributed by atoms with Crippen molar-refractivity contribution in [3.05, 3.63) is 68.7 Å². The van der Waals surface area contributed by atoms with Gasteiger partial charge in [0.2, 0.25) is 0 Å². The summed E-state index contributed by atoms with van der Waals surface area (Å²) in [7, 11) is 0. The molecule has 1 N–H and O–H groups in total. The van der Waals surface area contributed by atoms with E-state index in [2.05, 4.69) is 10.5 Å². The molecule has 0 bridgehead atoms. The maximum Gasteiger partial charge on any atom is 0.338 e. The van der Waals surface area contributed by atoms with E-state index in [0.29, 0.717) is 16.9 Å². The average Bonchev–Trinajstić information content (AvgIpc) is 2.68. The Bertz CT molecular complexity index is 899. The minimum atomic E-state index is -0.612. The predicted molar refractivity (Wildman–Crippen MR) is 102 cm³/mol. The maximum atomic E-state index is 11.7. The standard InChI is InChI=1S/C18H16ClN3O6/c1-2-27-18(24)13-4-6-14(7-5-13)28-11-17(23)21-20-10-12-3-8-15(19)16(9-12)22(25)26/h3-10H,2,11H2,1H3,(H,21,23)/b20-10+. The lowest BCUT2D eigenvalue weighted by atomic mass is 10.2. The van der Waals surface area contributed by atoms with Gasteiger partial charge in [0.15, 0.2) is 6.61 Å². The largest absolute Gasteiger partial charge is 0.484 e. The van der Waals surface area contributed by atoms with E-state index < -0.39 is 16.8 Å². The topological polar surface area (TPSA) is 120 Å². The normalized spacial score (nSPS) is 10.5. The van der Waals surface area contributed by atoms with Crippen LogP contribution in [-0.2, 0) is 9.53 Å². The molecular weight excluding hydrogens is 390 g/mol. The number of nitrogens with one attached hydrogen (secondary N) is 1. The molecule has 0 spiro atoms. The van der Waals surface area contributed by atoms with Gasteiger partial charge < -0.3 is 9.47 Å². The SMILES string of the molecule is CCOC(=O)c1ccc(OCC(=O)N/N=C/c2ccc(Cl)c([N+](=O)[O-])c2)cc1. The molecule has 0 fully saturated rings. The summed E-state index contributed by atoms with van der Waals surface area (Å²) < 4.78 is 10.2. The lowest BCUT2D eigenvalue weighted by Gasteiger charge is -2.06. The van der Waals surface area contributed by atoms with Gasteiger partial charge in [0.25, 0.3) is 11.6 Å². The first-order valence-electron chi connectivity index (χ1n) is 8.06. The lowest BCUT2D eigenvalue weighted by Crippen LogP contribution is -2.24. The van der Waals surface area contributed by atoms with E-state index in [1.807, 2.05) is 0 Å². The molecule has 146 valence electrons. The van der Waals surface area contributed by atoms with E-state index in [1.54, 1.807) is 6.92 Å². The Morgan fingerprint density at radius 3 is 2.61 bits per heavy atom. The minimum absolute atomic E-state index is 0.00793. The molecule has 2 aromatic carbocycles. The van der Waals surface area contributed by atoms with Crippen molar-refractivity contribution in [1.82, 2.24) is 5.43 Å². The molecular formula is C18H16ClN3O6. The number of nitro groups is 1. The first-order valence-corrected chi connectivity index (χ1v) is 8.44. The molecule has 0 saturated carbocycles. The molecule has 0 heterocycles. The summed E-state index contributed by atoms with van der Waals surface area (Å²) in [6.07, 6.45) is 1.25. The third-order valence-electron chi connectivity index (χ3n) is 3.31. The number of carbonyl (C=O) groups excluding carboxylic acids is 2. The number of carbonyl (C=O) groups is 2. The summed E-state index contributed by atoms with van der Waals surface area (Å²) in [4.78, 5) is 33.5. The molecule has 2 rings (SSSR count). The molecule has 0 aliphatic heterocycles. The second kappa shape index (κ2) is 10.0. The quantitative estimate of drug-likeness (QED) is 0.312. The van der Waals surface area contributed by atoms with Gasteiger partial charge in [-0.25, -0.2) is 10.2 Å². The third kappa shape index (κ3) is 6.06. The summed E-state index contributed by atoms with van der Waals surface area (Å²) in [5, 5.41) is 14.5. The second-order valence-electron chi connectivity index (χ2n) is 5.29. The van der Waals surface area contributed by atoms with Crippen molar-refractivity contribution in [1.29, 1.82) is 0 Å². The van der Waals surface area contributed by atoms with Gasteiger partial charge in [-0.2, -0.15) is 5.10 Å². The molecule has 0 aliphatic rings. The highest BCUT2D eigenvalue weighted by Crippen LogP contribution is 2.24. The predicted octanol–water partition coefficient (Wildman–Crippen LogP) is 2.95. The molecule has 0 saturated heterocycles. The molecule has 0 aliphatic carbocycles. The van der Waals surface area contributed by atoms with Crippen molar-refractivity contribution in [3.8, 4) is 5.75 Å². The van der Waals surface area contributed by atoms with Gasteiger partial charge >= 0.3 is 5.97 Å². The maximum absolute atomic E-state index is 11.7. The van der Waals surface area contributed by atoms with Crippen LogP contribution in [0.1, 0.15) is 22.8 Å². The van der Waals surface area contributed by atoms with Crippen molar-refractivity contribution in [2.75, 3.05) is 13.2 Å². The van der Waals surface area contributed by atoms with E-state index >= 15 is 0 Å². The summed E-state index contributed by atoms with van der Waals surface area (Å²) in [6, 6.07) is 10.2. The number of halogens is 1. The van der Waals surface area contributed by atoms with Crippen LogP contribution in [0.15, 0.2) is 47.6 Å². The molecule has 10 heteroatoms. The fourth-order valence-corrected chi connectivity index (χ4v) is 2.20. The highest BCUT2D eigenvalue weighted by Gasteiger charge is 2.12. The molecule has 0 radical (unpaired) electrons. The number of rotatable bonds is 8. The molecule has 0 unspecified atom stereocenters. The number of nitro benzene ring substituents is 1. The molecule has 2 aromatic rings. The van der Waals surface area contributed by atoms with Crippen LogP contribution < -0.4 is 10.2 Å². The van der Waals surface area contributed by atoms with Crippen molar-refractivity contribution in [3.63, 3.8) is 0 Å². The molecule has 0 aromatic heterocycles. The zero-order valence-electron chi connectivity index (χ0n) is 14.8.